The van der Waals surface area contributed by atoms with Crippen molar-refractivity contribution in [2.45, 2.75) is 111 Å². The molecule has 5 aromatic rings. The number of nitrogens with one attached hydrogen (secondary N) is 5. The van der Waals surface area contributed by atoms with Crippen LogP contribution in [0.25, 0.3) is 32.6 Å². The molecular weight excluding hydrogens is 961 g/mol. The number of amides is 5. The predicted octanol–water partition coefficient (Wildman–Crippen LogP) is 6.63. The number of ether oxygens (including phenoxy) is 2. The number of fused-ring (bicyclic) bond motifs is 1. The summed E-state index contributed by atoms with van der Waals surface area (Å²) in [6.45, 7) is 21.1. The smallest absolute Gasteiger partial charge is 0.320 e. The molecule has 0 bridgehead atoms. The number of hydrogen-bond acceptors (Lipinski definition) is 15. The number of β-amino-alcohol motifs (C(OH)–C–C–N with tert-alkyl or cyclic N) is 1. The molecule has 3 aromatic heterocycles. The Balaban J connectivity index is 0.850. The van der Waals surface area contributed by atoms with Gasteiger partial charge in [-0.1, -0.05) is 45.0 Å². The zero-order chi connectivity index (χ0) is 53.3. The largest absolute Gasteiger partial charge is 0.497 e. The maximum Gasteiger partial charge on any atom is 0.320 e. The Morgan fingerprint density at radius 1 is 0.851 bits per heavy atom. The number of pyridine rings is 1. The summed E-state index contributed by atoms with van der Waals surface area (Å²) in [6.07, 6.45) is 2.74. The molecule has 2 aliphatic rings. The molecule has 0 radical (unpaired) electrons. The number of carbonyl (C=O) groups is 4. The van der Waals surface area contributed by atoms with Gasteiger partial charge in [-0.3, -0.25) is 19.7 Å². The molecule has 5 heterocycles. The van der Waals surface area contributed by atoms with Gasteiger partial charge in [-0.05, 0) is 101 Å². The Morgan fingerprint density at radius 2 is 1.51 bits per heavy atom. The Bertz CT molecular complexity index is 2730. The summed E-state index contributed by atoms with van der Waals surface area (Å²) >= 11 is 1.58. The molecule has 7 rings (SSSR count). The number of likely N-dealkylation sites (tertiary alicyclic amines) is 1. The summed E-state index contributed by atoms with van der Waals surface area (Å²) < 4.78 is 11.0. The maximum absolute atomic E-state index is 14.2. The molecule has 20 heteroatoms. The second kappa shape index (κ2) is 24.2. The maximum atomic E-state index is 14.2. The lowest BCUT2D eigenvalue weighted by molar-refractivity contribution is -0.144. The van der Waals surface area contributed by atoms with Crippen molar-refractivity contribution in [3.8, 4) is 33.1 Å². The van der Waals surface area contributed by atoms with E-state index in [0.29, 0.717) is 52.8 Å². The number of methoxy groups -OCH3 is 2. The fourth-order valence-corrected chi connectivity index (χ4v) is 10.1. The lowest BCUT2D eigenvalue weighted by Gasteiger charge is -2.36. The van der Waals surface area contributed by atoms with Gasteiger partial charge in [0.25, 0.3) is 0 Å². The first kappa shape index (κ1) is 55.3. The molecule has 0 spiro atoms. The van der Waals surface area contributed by atoms with Crippen molar-refractivity contribution in [2.75, 3.05) is 77.2 Å². The normalized spacial score (nSPS) is 17.4. The van der Waals surface area contributed by atoms with Gasteiger partial charge in [0, 0.05) is 80.9 Å². The molecule has 2 fully saturated rings. The van der Waals surface area contributed by atoms with Crippen molar-refractivity contribution in [3.63, 3.8) is 0 Å². The number of nitrogens with zero attached hydrogens (tertiary/aromatic N) is 7. The Morgan fingerprint density at radius 3 is 2.12 bits per heavy atom. The molecule has 0 aliphatic carbocycles. The van der Waals surface area contributed by atoms with Crippen molar-refractivity contribution in [1.82, 2.24) is 50.6 Å². The highest BCUT2D eigenvalue weighted by atomic mass is 32.1. The van der Waals surface area contributed by atoms with E-state index in [1.165, 1.54) is 4.90 Å². The van der Waals surface area contributed by atoms with Crippen LogP contribution < -0.4 is 36.1 Å². The van der Waals surface area contributed by atoms with E-state index >= 15 is 0 Å². The van der Waals surface area contributed by atoms with Crippen LogP contribution in [0, 0.1) is 12.3 Å². The van der Waals surface area contributed by atoms with Crippen LogP contribution in [0.5, 0.6) is 11.5 Å². The highest BCUT2D eigenvalue weighted by Crippen LogP contribution is 2.36. The topological polar surface area (TPSA) is 228 Å². The first-order chi connectivity index (χ1) is 35.2. The fraction of sp³-hybridized carbons (Fsp3) is 0.519. The number of urea groups is 1. The first-order valence-electron chi connectivity index (χ1n) is 25.5. The van der Waals surface area contributed by atoms with Crippen LogP contribution in [0.4, 0.5) is 16.6 Å². The van der Waals surface area contributed by atoms with E-state index in [4.69, 9.17) is 19.4 Å². The molecule has 74 heavy (non-hydrogen) atoms. The van der Waals surface area contributed by atoms with Crippen LogP contribution in [0.3, 0.4) is 0 Å². The molecule has 4 atom stereocenters. The lowest BCUT2D eigenvalue weighted by Crippen LogP contribution is -2.57. The van der Waals surface area contributed by atoms with Gasteiger partial charge in [0.2, 0.25) is 23.7 Å². The fourth-order valence-electron chi connectivity index (χ4n) is 9.26. The van der Waals surface area contributed by atoms with Crippen molar-refractivity contribution < 1.29 is 33.8 Å². The highest BCUT2D eigenvalue weighted by molar-refractivity contribution is 7.13. The minimum atomic E-state index is -0.884. The Labute approximate surface area is 438 Å². The molecule has 6 N–H and O–H groups in total. The van der Waals surface area contributed by atoms with Crippen molar-refractivity contribution in [2.24, 2.45) is 5.41 Å². The van der Waals surface area contributed by atoms with E-state index in [1.807, 2.05) is 103 Å². The number of carbonyl (C=O) groups excluding carboxylic acids is 4. The molecular formula is C54H74N12O7S. The first-order valence-corrected chi connectivity index (χ1v) is 26.3. The van der Waals surface area contributed by atoms with Crippen LogP contribution in [-0.4, -0.2) is 154 Å². The van der Waals surface area contributed by atoms with Crippen LogP contribution in [-0.2, 0) is 14.4 Å². The number of aryl methyl sites for hydroxylation is 1. The molecule has 2 aromatic carbocycles. The van der Waals surface area contributed by atoms with Gasteiger partial charge in [0.15, 0.2) is 5.65 Å². The number of aliphatic hydroxyl groups is 1. The van der Waals surface area contributed by atoms with Crippen molar-refractivity contribution >= 4 is 57.9 Å². The number of thiazole rings is 1. The quantitative estimate of drug-likeness (QED) is 0.0478. The number of hydrogen-bond donors (Lipinski definition) is 6. The number of aliphatic hydroxyl groups excluding tert-OH is 1. The number of benzene rings is 2. The molecule has 2 aliphatic heterocycles. The van der Waals surface area contributed by atoms with Crippen LogP contribution in [0.1, 0.15) is 91.4 Å². The van der Waals surface area contributed by atoms with Crippen molar-refractivity contribution in [3.05, 3.63) is 71.5 Å². The summed E-state index contributed by atoms with van der Waals surface area (Å²) in [4.78, 5) is 80.2. The molecule has 2 unspecified atom stereocenters. The Hall–Kier alpha value is -6.48. The third-order valence-corrected chi connectivity index (χ3v) is 14.3. The van der Waals surface area contributed by atoms with Crippen LogP contribution in [0.15, 0.2) is 60.2 Å². The zero-order valence-electron chi connectivity index (χ0n) is 44.5. The number of anilines is 2. The summed E-state index contributed by atoms with van der Waals surface area (Å²) in [5, 5.41) is 26.7. The second-order valence-corrected chi connectivity index (χ2v) is 22.2. The van der Waals surface area contributed by atoms with Crippen LogP contribution in [0.2, 0.25) is 0 Å². The summed E-state index contributed by atoms with van der Waals surface area (Å²) in [7, 11) is 3.16. The van der Waals surface area contributed by atoms with E-state index in [0.717, 1.165) is 73.0 Å². The molecule has 398 valence electrons. The van der Waals surface area contributed by atoms with Gasteiger partial charge in [-0.2, -0.15) is 4.98 Å². The Kier molecular flexibility index (Phi) is 18.1. The average molecular weight is 1040 g/mol. The summed E-state index contributed by atoms with van der Waals surface area (Å²) in [6, 6.07) is 12.9. The minimum absolute atomic E-state index is 0.0146. The van der Waals surface area contributed by atoms with Gasteiger partial charge in [0.1, 0.15) is 29.4 Å². The SMILES string of the molecule is COc1cc(OC)cc(-c2cc3cnc(NCCCN4CCN(CCCC(=O)NC(C(=O)N5C[C@H](O)C[C@H]5C(=O)NC(C)c5ccc(-c6scnc6C)cc5)C(C)(C)C)CC4)nc3nc2NC(=O)NC(C)(C)C)c1. The lowest BCUT2D eigenvalue weighted by atomic mass is 9.85. The van der Waals surface area contributed by atoms with Gasteiger partial charge in [0.05, 0.1) is 42.4 Å². The van der Waals surface area contributed by atoms with E-state index in [-0.39, 0.29) is 43.1 Å². The highest BCUT2D eigenvalue weighted by Gasteiger charge is 2.44. The number of aromatic nitrogens is 4. The van der Waals surface area contributed by atoms with E-state index in [1.54, 1.807) is 37.8 Å². The summed E-state index contributed by atoms with van der Waals surface area (Å²) in [5.74, 6) is 1.01. The molecule has 19 nitrogen and oxygen atoms in total. The number of piperazine rings is 1. The molecule has 0 saturated carbocycles. The van der Waals surface area contributed by atoms with Crippen molar-refractivity contribution in [1.29, 1.82) is 0 Å². The van der Waals surface area contributed by atoms with E-state index < -0.39 is 35.2 Å². The zero-order valence-corrected chi connectivity index (χ0v) is 45.3. The molecule has 2 saturated heterocycles. The third kappa shape index (κ3) is 14.6. The predicted molar refractivity (Wildman–Crippen MR) is 289 cm³/mol. The van der Waals surface area contributed by atoms with Crippen LogP contribution >= 0.6 is 11.3 Å². The van der Waals surface area contributed by atoms with E-state index in [2.05, 4.69) is 46.4 Å². The number of rotatable bonds is 19. The van der Waals surface area contributed by atoms with Gasteiger partial charge >= 0.3 is 6.03 Å². The monoisotopic (exact) mass is 1030 g/mol. The average Bonchev–Trinajstić information content (AvgIpc) is 3.98. The molecule has 5 amide bonds. The second-order valence-electron chi connectivity index (χ2n) is 21.4. The minimum Gasteiger partial charge on any atom is -0.497 e. The summed E-state index contributed by atoms with van der Waals surface area (Å²) in [5.41, 5.74) is 5.46. The van der Waals surface area contributed by atoms with Gasteiger partial charge < -0.3 is 50.5 Å². The van der Waals surface area contributed by atoms with Gasteiger partial charge in [-0.25, -0.2) is 19.7 Å². The van der Waals surface area contributed by atoms with E-state index in [9.17, 15) is 24.3 Å². The van der Waals surface area contributed by atoms with Gasteiger partial charge in [-0.15, -0.1) is 11.3 Å². The standard InChI is InChI=1S/C54H74N12O7S/c1-33(35-14-16-36(17-15-35)45-34(2)57-32-74-45)58-49(69)43-28-39(67)31-66(43)50(70)46(53(3,4)5)59-44(68)13-11-19-64-21-23-65(24-22-64)20-12-18-55-51-56-30-38-27-42(37-25-40(72-9)29-41(26-37)73-10)48(60-47(38)61-51)62-52(71)63-54(6,7)8/h14-17,25-27,29-30,32-33,39,43,46,67H,11-13,18-24,28,31H2,1-10H3,(H,58,69)(H,59,68)(H3,55,56,60,61,62,63,71)/t33?,39-,43+,46?/m1/s1. The third-order valence-electron chi connectivity index (χ3n) is 13.3.